The summed E-state index contributed by atoms with van der Waals surface area (Å²) in [5, 5.41) is 0. The fraction of sp³-hybridized carbons (Fsp3) is 1.00. The second-order valence-corrected chi connectivity index (χ2v) is 6.81. The molecule has 0 aromatic carbocycles. The maximum absolute atomic E-state index is 10.7. The molecule has 0 aromatic heterocycles. The molecule has 0 spiro atoms. The van der Waals surface area contributed by atoms with Crippen LogP contribution in [0.3, 0.4) is 0 Å². The van der Waals surface area contributed by atoms with Gasteiger partial charge >= 0.3 is 0 Å². The number of hydrogen-bond donors (Lipinski definition) is 2. The summed E-state index contributed by atoms with van der Waals surface area (Å²) in [5.41, 5.74) is -0.321. The van der Waals surface area contributed by atoms with E-state index in [9.17, 15) is 8.42 Å². The van der Waals surface area contributed by atoms with Crippen LogP contribution in [-0.4, -0.2) is 39.0 Å². The van der Waals surface area contributed by atoms with Crippen molar-refractivity contribution in [2.24, 2.45) is 11.8 Å². The van der Waals surface area contributed by atoms with Gasteiger partial charge in [0.2, 0.25) is 10.9 Å². The lowest BCUT2D eigenvalue weighted by Crippen LogP contribution is -2.42. The molecule has 0 bridgehead atoms. The molecule has 1 fully saturated rings. The van der Waals surface area contributed by atoms with E-state index in [2.05, 4.69) is 23.6 Å². The summed E-state index contributed by atoms with van der Waals surface area (Å²) < 4.78 is 24.1. The van der Waals surface area contributed by atoms with Gasteiger partial charge in [-0.1, -0.05) is 6.92 Å². The van der Waals surface area contributed by atoms with Crippen LogP contribution in [0.25, 0.3) is 0 Å². The van der Waals surface area contributed by atoms with E-state index in [0.717, 1.165) is 12.3 Å². The monoisotopic (exact) mass is 262 g/mol. The predicted molar refractivity (Wildman–Crippen MR) is 71.5 cm³/mol. The molecule has 1 rings (SSSR count). The van der Waals surface area contributed by atoms with Crippen LogP contribution in [0.4, 0.5) is 0 Å². The van der Waals surface area contributed by atoms with Crippen LogP contribution in [0, 0.1) is 11.8 Å². The third kappa shape index (κ3) is 5.36. The van der Waals surface area contributed by atoms with E-state index in [1.165, 1.54) is 25.9 Å². The highest BCUT2D eigenvalue weighted by atomic mass is 32.2. The Morgan fingerprint density at radius 1 is 1.35 bits per heavy atom. The van der Waals surface area contributed by atoms with Crippen LogP contribution < -0.4 is 4.72 Å². The molecule has 1 aliphatic heterocycles. The Kier molecular flexibility index (Phi) is 5.41. The van der Waals surface area contributed by atoms with Crippen molar-refractivity contribution in [3.8, 4) is 0 Å². The van der Waals surface area contributed by atoms with Crippen molar-refractivity contribution in [2.45, 2.75) is 45.6 Å². The van der Waals surface area contributed by atoms with Gasteiger partial charge in [-0.25, -0.2) is 13.1 Å². The molecule has 1 atom stereocenters. The molecule has 17 heavy (non-hydrogen) atoms. The molecule has 5 heteroatoms. The molecule has 0 radical (unpaired) electrons. The van der Waals surface area contributed by atoms with Gasteiger partial charge in [0.1, 0.15) is 0 Å². The Balaban J connectivity index is 2.45. The quantitative estimate of drug-likeness (QED) is 0.733. The average molecular weight is 262 g/mol. The van der Waals surface area contributed by atoms with Gasteiger partial charge in [0, 0.05) is 5.54 Å². The second-order valence-electron chi connectivity index (χ2n) is 6.07. The second kappa shape index (κ2) is 6.16. The molecule has 1 heterocycles. The molecule has 1 saturated heterocycles. The summed E-state index contributed by atoms with van der Waals surface area (Å²) in [6.07, 6.45) is 3.37. The first-order valence-electron chi connectivity index (χ1n) is 6.41. The van der Waals surface area contributed by atoms with Gasteiger partial charge in [-0.3, -0.25) is 0 Å². The SMILES string of the molecule is CC(CC(C)(C)N[SH](=O)=O)C1CCN(C)CC1. The minimum atomic E-state index is -2.50. The van der Waals surface area contributed by atoms with E-state index >= 15 is 0 Å². The van der Waals surface area contributed by atoms with Crippen molar-refractivity contribution in [1.82, 2.24) is 9.62 Å². The Hall–Kier alpha value is -0.130. The van der Waals surface area contributed by atoms with Gasteiger partial charge in [-0.15, -0.1) is 0 Å². The van der Waals surface area contributed by atoms with E-state index in [1.54, 1.807) is 0 Å². The lowest BCUT2D eigenvalue weighted by Gasteiger charge is -2.36. The fourth-order valence-electron chi connectivity index (χ4n) is 2.86. The third-order valence-electron chi connectivity index (χ3n) is 3.79. The highest BCUT2D eigenvalue weighted by molar-refractivity contribution is 7.70. The maximum Gasteiger partial charge on any atom is 0.201 e. The molecule has 0 aromatic rings. The lowest BCUT2D eigenvalue weighted by atomic mass is 9.79. The Labute approximate surface area is 107 Å². The summed E-state index contributed by atoms with van der Waals surface area (Å²) in [7, 11) is -0.341. The van der Waals surface area contributed by atoms with Crippen LogP contribution in [0.5, 0.6) is 0 Å². The van der Waals surface area contributed by atoms with Crippen LogP contribution in [0.1, 0.15) is 40.0 Å². The third-order valence-corrected chi connectivity index (χ3v) is 4.58. The van der Waals surface area contributed by atoms with Crippen LogP contribution in [0.15, 0.2) is 0 Å². The van der Waals surface area contributed by atoms with Gasteiger partial charge in [-0.05, 0) is 65.1 Å². The first-order chi connectivity index (χ1) is 7.80. The summed E-state index contributed by atoms with van der Waals surface area (Å²) in [6.45, 7) is 8.50. The van der Waals surface area contributed by atoms with Crippen molar-refractivity contribution in [3.63, 3.8) is 0 Å². The van der Waals surface area contributed by atoms with Crippen LogP contribution in [0.2, 0.25) is 0 Å². The number of hydrogen-bond acceptors (Lipinski definition) is 3. The predicted octanol–water partition coefficient (Wildman–Crippen LogP) is 1.25. The van der Waals surface area contributed by atoms with Crippen molar-refractivity contribution >= 4 is 10.9 Å². The Morgan fingerprint density at radius 2 is 1.88 bits per heavy atom. The van der Waals surface area contributed by atoms with Gasteiger partial charge in [0.15, 0.2) is 0 Å². The zero-order chi connectivity index (χ0) is 13.1. The van der Waals surface area contributed by atoms with Crippen molar-refractivity contribution in [1.29, 1.82) is 0 Å². The molecular formula is C12H26N2O2S. The summed E-state index contributed by atoms with van der Waals surface area (Å²) in [6, 6.07) is 0. The molecular weight excluding hydrogens is 236 g/mol. The first-order valence-corrected chi connectivity index (χ1v) is 7.58. The number of thiol groups is 1. The highest BCUT2D eigenvalue weighted by Gasteiger charge is 2.28. The number of likely N-dealkylation sites (tertiary alicyclic amines) is 1. The number of rotatable bonds is 5. The van der Waals surface area contributed by atoms with Crippen molar-refractivity contribution in [3.05, 3.63) is 0 Å². The lowest BCUT2D eigenvalue weighted by molar-refractivity contribution is 0.158. The Morgan fingerprint density at radius 3 is 2.35 bits per heavy atom. The number of nitrogens with one attached hydrogen (secondary N) is 1. The summed E-state index contributed by atoms with van der Waals surface area (Å²) in [5.74, 6) is 1.30. The van der Waals surface area contributed by atoms with Crippen molar-refractivity contribution < 1.29 is 8.42 Å². The number of piperidine rings is 1. The van der Waals surface area contributed by atoms with E-state index in [4.69, 9.17) is 0 Å². The average Bonchev–Trinajstić information content (AvgIpc) is 2.15. The molecule has 1 unspecified atom stereocenters. The standard InChI is InChI=1S/C12H26N2O2S/c1-10(9-12(2,3)13-17(15)16)11-5-7-14(4)8-6-11/h10-11,17H,5-9H2,1-4H3,(H,13,15,16). The highest BCUT2D eigenvalue weighted by Crippen LogP contribution is 2.30. The van der Waals surface area contributed by atoms with Crippen LogP contribution >= 0.6 is 0 Å². The van der Waals surface area contributed by atoms with Gasteiger partial charge in [-0.2, -0.15) is 0 Å². The molecule has 1 N–H and O–H groups in total. The molecule has 4 nitrogen and oxygen atoms in total. The van der Waals surface area contributed by atoms with Crippen molar-refractivity contribution in [2.75, 3.05) is 20.1 Å². The molecule has 102 valence electrons. The normalized spacial score (nSPS) is 21.9. The summed E-state index contributed by atoms with van der Waals surface area (Å²) >= 11 is 0. The van der Waals surface area contributed by atoms with E-state index in [0.29, 0.717) is 5.92 Å². The molecule has 0 amide bonds. The molecule has 0 aliphatic carbocycles. The zero-order valence-corrected chi connectivity index (χ0v) is 12.3. The number of nitrogens with zero attached hydrogens (tertiary/aromatic N) is 1. The first kappa shape index (κ1) is 14.9. The fourth-order valence-corrected chi connectivity index (χ4v) is 3.45. The maximum atomic E-state index is 10.7. The van der Waals surface area contributed by atoms with Gasteiger partial charge in [0.25, 0.3) is 0 Å². The smallest absolute Gasteiger partial charge is 0.201 e. The molecule has 1 aliphatic rings. The largest absolute Gasteiger partial charge is 0.306 e. The van der Waals surface area contributed by atoms with Crippen LogP contribution in [-0.2, 0) is 10.9 Å². The van der Waals surface area contributed by atoms with Gasteiger partial charge < -0.3 is 4.90 Å². The summed E-state index contributed by atoms with van der Waals surface area (Å²) in [4.78, 5) is 2.36. The minimum Gasteiger partial charge on any atom is -0.306 e. The molecule has 0 saturated carbocycles. The van der Waals surface area contributed by atoms with E-state index in [1.807, 2.05) is 13.8 Å². The Bertz CT molecular complexity index is 300. The minimum absolute atomic E-state index is 0.321. The van der Waals surface area contributed by atoms with Gasteiger partial charge in [0.05, 0.1) is 0 Å². The topological polar surface area (TPSA) is 49.4 Å². The van der Waals surface area contributed by atoms with E-state index < -0.39 is 10.9 Å². The van der Waals surface area contributed by atoms with E-state index in [-0.39, 0.29) is 5.54 Å². The zero-order valence-electron chi connectivity index (χ0n) is 11.4.